The number of halogens is 1. The molecule has 0 spiro atoms. The van der Waals surface area contributed by atoms with Crippen LogP contribution in [0.3, 0.4) is 0 Å². The van der Waals surface area contributed by atoms with Gasteiger partial charge >= 0.3 is 6.09 Å². The van der Waals surface area contributed by atoms with Crippen LogP contribution in [0.15, 0.2) is 47.4 Å². The van der Waals surface area contributed by atoms with Crippen LogP contribution in [0.1, 0.15) is 0 Å². The summed E-state index contributed by atoms with van der Waals surface area (Å²) in [6, 6.07) is 5.07. The molecular weight excluding hydrogens is 367 g/mol. The molecule has 0 radical (unpaired) electrons. The Morgan fingerprint density at radius 3 is 1.93 bits per heavy atom. The molecule has 0 saturated carbocycles. The molecule has 3 heterocycles. The van der Waals surface area contributed by atoms with E-state index in [1.807, 2.05) is 14.7 Å². The number of hydrogen-bond donors (Lipinski definition) is 2. The maximum absolute atomic E-state index is 12.4. The van der Waals surface area contributed by atoms with Gasteiger partial charge in [0.15, 0.2) is 0 Å². The Morgan fingerprint density at radius 2 is 1.43 bits per heavy atom. The third-order valence-corrected chi connectivity index (χ3v) is 4.58. The molecule has 3 aliphatic heterocycles. The third kappa shape index (κ3) is 3.98. The molecule has 5 rings (SSSR count). The molecule has 28 heavy (non-hydrogen) atoms. The van der Waals surface area contributed by atoms with Gasteiger partial charge in [-0.05, 0) is 24.3 Å². The van der Waals surface area contributed by atoms with Crippen LogP contribution in [-0.4, -0.2) is 76.7 Å². The molecule has 0 atom stereocenters. The van der Waals surface area contributed by atoms with Gasteiger partial charge in [0.1, 0.15) is 17.2 Å². The van der Waals surface area contributed by atoms with Crippen molar-refractivity contribution in [2.75, 3.05) is 44.6 Å². The molecule has 146 valence electrons. The second kappa shape index (κ2) is 6.99. The minimum atomic E-state index is -1.16. The van der Waals surface area contributed by atoms with E-state index in [-0.39, 0.29) is 17.4 Å². The van der Waals surface area contributed by atoms with E-state index in [1.54, 1.807) is 0 Å². The van der Waals surface area contributed by atoms with E-state index in [0.717, 1.165) is 39.3 Å². The maximum Gasteiger partial charge on any atom is 0.409 e. The first-order chi connectivity index (χ1) is 13.4. The molecule has 8 nitrogen and oxygen atoms in total. The lowest BCUT2D eigenvalue weighted by atomic mass is 10.0. The Labute approximate surface area is 160 Å². The number of carbonyl (C=O) groups excluding carboxylic acids is 2. The highest BCUT2D eigenvalue weighted by Crippen LogP contribution is 2.33. The highest BCUT2D eigenvalue weighted by Gasteiger charge is 2.43. The second-order valence-corrected chi connectivity index (χ2v) is 6.82. The molecule has 9 heteroatoms. The number of anilines is 1. The molecule has 1 amide bonds. The fourth-order valence-electron chi connectivity index (χ4n) is 2.93. The average Bonchev–Trinajstić information content (AvgIpc) is 3.49. The van der Waals surface area contributed by atoms with Crippen molar-refractivity contribution in [3.8, 4) is 0 Å². The first kappa shape index (κ1) is 18.0. The Bertz CT molecular complexity index is 897. The van der Waals surface area contributed by atoms with Crippen molar-refractivity contribution < 1.29 is 23.9 Å². The zero-order chi connectivity index (χ0) is 19.8. The zero-order valence-corrected chi connectivity index (χ0v) is 15.0. The maximum atomic E-state index is 12.4. The second-order valence-electron chi connectivity index (χ2n) is 6.82. The largest absolute Gasteiger partial charge is 0.465 e. The van der Waals surface area contributed by atoms with Gasteiger partial charge in [-0.3, -0.25) is 14.9 Å². The van der Waals surface area contributed by atoms with E-state index in [1.165, 1.54) is 30.3 Å². The van der Waals surface area contributed by atoms with Gasteiger partial charge in [0.05, 0.1) is 5.70 Å². The van der Waals surface area contributed by atoms with Gasteiger partial charge in [0.25, 0.3) is 0 Å². The van der Waals surface area contributed by atoms with Crippen LogP contribution in [0.25, 0.3) is 0 Å². The van der Waals surface area contributed by atoms with Crippen molar-refractivity contribution in [2.24, 2.45) is 0 Å². The van der Waals surface area contributed by atoms with Gasteiger partial charge in [0, 0.05) is 51.0 Å². The first-order valence-corrected chi connectivity index (χ1v) is 8.99. The monoisotopic (exact) mass is 386 g/mol. The Morgan fingerprint density at radius 1 is 0.893 bits per heavy atom. The number of amides is 1. The van der Waals surface area contributed by atoms with Crippen molar-refractivity contribution in [2.45, 2.75) is 0 Å². The number of nitrogens with zero attached hydrogens (tertiary/aromatic N) is 3. The number of allylic oxidation sites excluding steroid dienone is 1. The first-order valence-electron chi connectivity index (χ1n) is 8.99. The van der Waals surface area contributed by atoms with Crippen molar-refractivity contribution in [3.63, 3.8) is 0 Å². The number of ketones is 2. The molecule has 2 N–H and O–H groups in total. The SMILES string of the molecule is O=C(O)Nc1ccc(F)cc1.O=C1C=C(N2CC2)C(=O)C(N2CC2)=C1N1CC1. The molecule has 0 aromatic heterocycles. The van der Waals surface area contributed by atoms with E-state index in [4.69, 9.17) is 5.11 Å². The van der Waals surface area contributed by atoms with Crippen LogP contribution in [-0.2, 0) is 9.59 Å². The summed E-state index contributed by atoms with van der Waals surface area (Å²) < 4.78 is 12.2. The quantitative estimate of drug-likeness (QED) is 0.591. The predicted molar refractivity (Wildman–Crippen MR) is 97.9 cm³/mol. The average molecular weight is 386 g/mol. The smallest absolute Gasteiger partial charge is 0.409 e. The number of hydrogen-bond acceptors (Lipinski definition) is 6. The van der Waals surface area contributed by atoms with Gasteiger partial charge in [-0.15, -0.1) is 0 Å². The predicted octanol–water partition coefficient (Wildman–Crippen LogP) is 1.10. The molecule has 3 fully saturated rings. The molecule has 0 bridgehead atoms. The molecule has 4 aliphatic rings. The van der Waals surface area contributed by atoms with Crippen LogP contribution in [0, 0.1) is 5.82 Å². The minimum absolute atomic E-state index is 0.00546. The van der Waals surface area contributed by atoms with Gasteiger partial charge in [-0.1, -0.05) is 0 Å². The summed E-state index contributed by atoms with van der Waals surface area (Å²) in [4.78, 5) is 40.5. The Hall–Kier alpha value is -3.36. The van der Waals surface area contributed by atoms with Gasteiger partial charge in [-0.2, -0.15) is 0 Å². The zero-order valence-electron chi connectivity index (χ0n) is 15.0. The van der Waals surface area contributed by atoms with Crippen LogP contribution in [0.4, 0.5) is 14.9 Å². The lowest BCUT2D eigenvalue weighted by Gasteiger charge is -2.21. The standard InChI is InChI=1S/C12H13N3O2.C7H6FNO2/c16-9-7-8(13-1-2-13)12(17)11(15-5-6-15)10(9)14-3-4-14;8-5-1-3-6(4-2-5)9-7(10)11/h7H,1-6H2;1-4,9H,(H,10,11). The molecule has 0 unspecified atom stereocenters. The summed E-state index contributed by atoms with van der Waals surface area (Å²) in [6.07, 6.45) is 0.368. The number of nitrogens with one attached hydrogen (secondary N) is 1. The van der Waals surface area contributed by atoms with E-state index >= 15 is 0 Å². The van der Waals surface area contributed by atoms with Crippen molar-refractivity contribution in [1.29, 1.82) is 0 Å². The van der Waals surface area contributed by atoms with E-state index in [2.05, 4.69) is 5.32 Å². The molecular formula is C19H19FN4O4. The highest BCUT2D eigenvalue weighted by molar-refractivity contribution is 6.22. The number of rotatable bonds is 4. The summed E-state index contributed by atoms with van der Waals surface area (Å²) >= 11 is 0. The van der Waals surface area contributed by atoms with Gasteiger partial charge < -0.3 is 19.8 Å². The summed E-state index contributed by atoms with van der Waals surface area (Å²) in [5.74, 6) is -0.340. The summed E-state index contributed by atoms with van der Waals surface area (Å²) in [7, 11) is 0. The van der Waals surface area contributed by atoms with E-state index in [9.17, 15) is 18.8 Å². The van der Waals surface area contributed by atoms with Gasteiger partial charge in [0.2, 0.25) is 11.6 Å². The van der Waals surface area contributed by atoms with Crippen LogP contribution in [0.5, 0.6) is 0 Å². The van der Waals surface area contributed by atoms with Crippen LogP contribution < -0.4 is 5.32 Å². The number of carboxylic acid groups (broad SMARTS) is 1. The van der Waals surface area contributed by atoms with E-state index in [0.29, 0.717) is 22.8 Å². The topological polar surface area (TPSA) is 92.5 Å². The van der Waals surface area contributed by atoms with Crippen LogP contribution in [0.2, 0.25) is 0 Å². The normalized spacial score (nSPS) is 19.8. The van der Waals surface area contributed by atoms with E-state index < -0.39 is 6.09 Å². The number of benzene rings is 1. The molecule has 1 aliphatic carbocycles. The summed E-state index contributed by atoms with van der Waals surface area (Å²) in [6.45, 7) is 5.41. The third-order valence-electron chi connectivity index (χ3n) is 4.58. The molecule has 1 aromatic rings. The lowest BCUT2D eigenvalue weighted by Crippen LogP contribution is -2.29. The fraction of sp³-hybridized carbons (Fsp3) is 0.316. The highest BCUT2D eigenvalue weighted by atomic mass is 19.1. The van der Waals surface area contributed by atoms with Gasteiger partial charge in [-0.25, -0.2) is 9.18 Å². The fourth-order valence-corrected chi connectivity index (χ4v) is 2.93. The minimum Gasteiger partial charge on any atom is -0.465 e. The Kier molecular flexibility index (Phi) is 4.50. The number of Topliss-reactive ketones (excluding diaryl/α,β-unsaturated/α-hetero) is 1. The summed E-state index contributed by atoms with van der Waals surface area (Å²) in [5, 5.41) is 10.3. The van der Waals surface area contributed by atoms with Crippen molar-refractivity contribution in [3.05, 3.63) is 53.2 Å². The molecule has 3 saturated heterocycles. The van der Waals surface area contributed by atoms with Crippen LogP contribution >= 0.6 is 0 Å². The number of carbonyl (C=O) groups is 3. The lowest BCUT2D eigenvalue weighted by molar-refractivity contribution is -0.117. The molecule has 1 aromatic carbocycles. The Balaban J connectivity index is 0.000000153. The summed E-state index contributed by atoms with van der Waals surface area (Å²) in [5.41, 5.74) is 2.25. The van der Waals surface area contributed by atoms with Crippen molar-refractivity contribution in [1.82, 2.24) is 14.7 Å². The van der Waals surface area contributed by atoms with Crippen molar-refractivity contribution >= 4 is 23.3 Å².